The van der Waals surface area contributed by atoms with Gasteiger partial charge in [0.15, 0.2) is 11.0 Å². The van der Waals surface area contributed by atoms with E-state index in [4.69, 9.17) is 5.10 Å². The molecule has 0 unspecified atom stereocenters. The predicted octanol–water partition coefficient (Wildman–Crippen LogP) is 4.92. The number of carbonyl (C=O) groups excluding carboxylic acids is 1. The van der Waals surface area contributed by atoms with Crippen molar-refractivity contribution in [3.8, 4) is 16.4 Å². The van der Waals surface area contributed by atoms with Crippen molar-refractivity contribution in [3.63, 3.8) is 0 Å². The second kappa shape index (κ2) is 8.60. The Labute approximate surface area is 193 Å². The van der Waals surface area contributed by atoms with E-state index >= 15 is 0 Å². The van der Waals surface area contributed by atoms with Gasteiger partial charge in [-0.05, 0) is 37.3 Å². The molecule has 1 N–H and O–H groups in total. The van der Waals surface area contributed by atoms with E-state index in [0.717, 1.165) is 38.0 Å². The summed E-state index contributed by atoms with van der Waals surface area (Å²) in [5.41, 5.74) is 2.78. The Morgan fingerprint density at radius 3 is 2.53 bits per heavy atom. The maximum Gasteiger partial charge on any atom is 0.234 e. The van der Waals surface area contributed by atoms with Crippen LogP contribution in [0.15, 0.2) is 71.9 Å². The van der Waals surface area contributed by atoms with Crippen LogP contribution in [0.1, 0.15) is 5.69 Å². The molecule has 0 spiro atoms. The molecule has 0 radical (unpaired) electrons. The molecule has 32 heavy (non-hydrogen) atoms. The molecule has 0 fully saturated rings. The highest BCUT2D eigenvalue weighted by Crippen LogP contribution is 2.36. The van der Waals surface area contributed by atoms with E-state index in [-0.39, 0.29) is 11.7 Å². The monoisotopic (exact) mass is 460 g/mol. The van der Waals surface area contributed by atoms with Gasteiger partial charge < -0.3 is 9.88 Å². The zero-order chi connectivity index (χ0) is 22.1. The summed E-state index contributed by atoms with van der Waals surface area (Å²) >= 11 is 3.00. The van der Waals surface area contributed by atoms with Crippen molar-refractivity contribution in [2.24, 2.45) is 7.05 Å². The number of nitrogens with one attached hydrogen (secondary N) is 1. The molecule has 0 saturated heterocycles. The maximum absolute atomic E-state index is 12.3. The number of thioether (sulfide) groups is 1. The Hall–Kier alpha value is -3.43. The van der Waals surface area contributed by atoms with Gasteiger partial charge in [-0.1, -0.05) is 48.2 Å². The maximum atomic E-state index is 12.3. The Bertz CT molecular complexity index is 1390. The highest BCUT2D eigenvalue weighted by Gasteiger charge is 2.19. The number of fused-ring (bicyclic) bond motifs is 1. The van der Waals surface area contributed by atoms with E-state index in [1.807, 2.05) is 83.9 Å². The Morgan fingerprint density at radius 1 is 1.06 bits per heavy atom. The fourth-order valence-electron chi connectivity index (χ4n) is 3.41. The lowest BCUT2D eigenvalue weighted by atomic mass is 10.3. The minimum atomic E-state index is -0.0776. The quantitative estimate of drug-likeness (QED) is 0.364. The van der Waals surface area contributed by atoms with Crippen molar-refractivity contribution in [3.05, 3.63) is 72.4 Å². The van der Waals surface area contributed by atoms with Crippen molar-refractivity contribution < 1.29 is 4.79 Å². The van der Waals surface area contributed by atoms with Gasteiger partial charge in [-0.2, -0.15) is 5.10 Å². The predicted molar refractivity (Wildman–Crippen MR) is 129 cm³/mol. The van der Waals surface area contributed by atoms with Crippen LogP contribution in [0.2, 0.25) is 0 Å². The van der Waals surface area contributed by atoms with Crippen LogP contribution in [0.4, 0.5) is 5.69 Å². The summed E-state index contributed by atoms with van der Waals surface area (Å²) in [5.74, 6) is 0.956. The molecule has 0 aliphatic heterocycles. The van der Waals surface area contributed by atoms with E-state index in [2.05, 4.69) is 21.6 Å². The lowest BCUT2D eigenvalue weighted by Gasteiger charge is -2.05. The molecule has 0 saturated carbocycles. The summed E-state index contributed by atoms with van der Waals surface area (Å²) in [6, 6.07) is 21.6. The van der Waals surface area contributed by atoms with Crippen LogP contribution in [-0.4, -0.2) is 36.2 Å². The molecule has 0 aliphatic rings. The van der Waals surface area contributed by atoms with Gasteiger partial charge in [0.05, 0.1) is 22.0 Å². The highest BCUT2D eigenvalue weighted by atomic mass is 32.2. The van der Waals surface area contributed by atoms with E-state index in [1.54, 1.807) is 11.3 Å². The molecule has 1 amide bonds. The number of amides is 1. The van der Waals surface area contributed by atoms with Crippen molar-refractivity contribution in [2.45, 2.75) is 12.1 Å². The molecule has 5 aromatic rings. The third kappa shape index (κ3) is 3.92. The summed E-state index contributed by atoms with van der Waals surface area (Å²) in [6.07, 6.45) is 0. The fraction of sp³-hybridized carbons (Fsp3) is 0.130. The average Bonchev–Trinajstić information content (AvgIpc) is 3.48. The molecular weight excluding hydrogens is 440 g/mol. The van der Waals surface area contributed by atoms with E-state index < -0.39 is 0 Å². The van der Waals surface area contributed by atoms with Gasteiger partial charge >= 0.3 is 0 Å². The van der Waals surface area contributed by atoms with Gasteiger partial charge in [-0.25, -0.2) is 4.68 Å². The van der Waals surface area contributed by atoms with Crippen LogP contribution in [-0.2, 0) is 11.8 Å². The zero-order valence-corrected chi connectivity index (χ0v) is 19.2. The molecule has 0 atom stereocenters. The van der Waals surface area contributed by atoms with Crippen LogP contribution in [0, 0.1) is 6.92 Å². The largest absolute Gasteiger partial charge is 0.325 e. The summed E-state index contributed by atoms with van der Waals surface area (Å²) in [5, 5.41) is 18.1. The van der Waals surface area contributed by atoms with Crippen LogP contribution in [0.25, 0.3) is 26.6 Å². The molecule has 9 heteroatoms. The smallest absolute Gasteiger partial charge is 0.234 e. The lowest BCUT2D eigenvalue weighted by molar-refractivity contribution is -0.113. The van der Waals surface area contributed by atoms with Gasteiger partial charge in [0.1, 0.15) is 4.83 Å². The average molecular weight is 461 g/mol. The number of aromatic nitrogens is 5. The minimum absolute atomic E-state index is 0.0776. The van der Waals surface area contributed by atoms with Crippen molar-refractivity contribution in [2.75, 3.05) is 11.1 Å². The summed E-state index contributed by atoms with van der Waals surface area (Å²) in [4.78, 5) is 14.4. The van der Waals surface area contributed by atoms with Crippen molar-refractivity contribution in [1.29, 1.82) is 0 Å². The zero-order valence-electron chi connectivity index (χ0n) is 17.5. The molecule has 0 aliphatic carbocycles. The van der Waals surface area contributed by atoms with Gasteiger partial charge in [0, 0.05) is 18.1 Å². The number of hydrogen-bond acceptors (Lipinski definition) is 6. The van der Waals surface area contributed by atoms with Gasteiger partial charge in [-0.3, -0.25) is 4.79 Å². The van der Waals surface area contributed by atoms with Crippen LogP contribution in [0.5, 0.6) is 0 Å². The van der Waals surface area contributed by atoms with Crippen LogP contribution < -0.4 is 5.32 Å². The molecule has 7 nitrogen and oxygen atoms in total. The first-order valence-electron chi connectivity index (χ1n) is 10.0. The first-order chi connectivity index (χ1) is 15.6. The number of rotatable bonds is 6. The number of benzene rings is 2. The van der Waals surface area contributed by atoms with Gasteiger partial charge in [-0.15, -0.1) is 21.5 Å². The Kier molecular flexibility index (Phi) is 5.50. The summed E-state index contributed by atoms with van der Waals surface area (Å²) in [7, 11) is 1.92. The number of para-hydroxylation sites is 2. The molecule has 5 rings (SSSR count). The van der Waals surface area contributed by atoms with Crippen LogP contribution in [0.3, 0.4) is 0 Å². The van der Waals surface area contributed by atoms with Crippen molar-refractivity contribution in [1.82, 2.24) is 24.5 Å². The minimum Gasteiger partial charge on any atom is -0.325 e. The third-order valence-electron chi connectivity index (χ3n) is 4.99. The first kappa shape index (κ1) is 20.5. The van der Waals surface area contributed by atoms with Crippen LogP contribution >= 0.6 is 23.1 Å². The molecule has 3 heterocycles. The number of thiophene rings is 1. The van der Waals surface area contributed by atoms with Crippen molar-refractivity contribution >= 4 is 44.9 Å². The SMILES string of the molecule is Cc1nn(-c2ccccc2)c2sc(-c3nnc(SCC(=O)Nc4ccccc4)n3C)cc12. The first-order valence-corrected chi connectivity index (χ1v) is 11.8. The number of carbonyl (C=O) groups is 1. The number of hydrogen-bond donors (Lipinski definition) is 1. The van der Waals surface area contributed by atoms with E-state index in [9.17, 15) is 4.79 Å². The molecule has 160 valence electrons. The Morgan fingerprint density at radius 2 is 1.78 bits per heavy atom. The summed E-state index contributed by atoms with van der Waals surface area (Å²) in [6.45, 7) is 2.02. The molecule has 2 aromatic carbocycles. The van der Waals surface area contributed by atoms with Gasteiger partial charge in [0.2, 0.25) is 5.91 Å². The second-order valence-electron chi connectivity index (χ2n) is 7.23. The fourth-order valence-corrected chi connectivity index (χ4v) is 5.32. The molecule has 3 aromatic heterocycles. The third-order valence-corrected chi connectivity index (χ3v) is 7.12. The van der Waals surface area contributed by atoms with E-state index in [1.165, 1.54) is 11.8 Å². The standard InChI is InChI=1S/C23H20N6OS2/c1-15-18-13-19(32-22(18)29(27-15)17-11-7-4-8-12-17)21-25-26-23(28(21)2)31-14-20(30)24-16-9-5-3-6-10-16/h3-13H,14H2,1-2H3,(H,24,30). The number of nitrogens with zero attached hydrogens (tertiary/aromatic N) is 5. The highest BCUT2D eigenvalue weighted by molar-refractivity contribution is 7.99. The molecular formula is C23H20N6OS2. The van der Waals surface area contributed by atoms with E-state index in [0.29, 0.717) is 5.16 Å². The van der Waals surface area contributed by atoms with Gasteiger partial charge in [0.25, 0.3) is 0 Å². The number of aryl methyl sites for hydroxylation is 1. The molecule has 0 bridgehead atoms. The Balaban J connectivity index is 1.36. The lowest BCUT2D eigenvalue weighted by Crippen LogP contribution is -2.14. The number of anilines is 1. The topological polar surface area (TPSA) is 77.6 Å². The summed E-state index contributed by atoms with van der Waals surface area (Å²) < 4.78 is 3.90. The second-order valence-corrected chi connectivity index (χ2v) is 9.20. The normalized spacial score (nSPS) is 11.2.